The summed E-state index contributed by atoms with van der Waals surface area (Å²) in [7, 11) is -4.07. The minimum absolute atomic E-state index is 0.0584. The standard InChI is InChI=1S/C28H32Cl2N4O5S/c1-4-6-11-25-31-27(30)23(16-35)34(25)15-19-12-13-21(20(14-19)17-38-5-2)22-9-7-8-10-24(22)40(36,37)33-28-26(29)18(3)39-32-28/h7-10,12-14,35H,4-6,11,15-17H2,1-3H3,(H,32,33). The number of sulfonamides is 1. The van der Waals surface area contributed by atoms with E-state index in [9.17, 15) is 13.5 Å². The molecule has 0 unspecified atom stereocenters. The van der Waals surface area contributed by atoms with Crippen LogP contribution < -0.4 is 4.72 Å². The lowest BCUT2D eigenvalue weighted by molar-refractivity contribution is 0.134. The third kappa shape index (κ3) is 6.53. The van der Waals surface area contributed by atoms with Crippen molar-refractivity contribution >= 4 is 39.0 Å². The van der Waals surface area contributed by atoms with E-state index in [-0.39, 0.29) is 28.9 Å². The van der Waals surface area contributed by atoms with Gasteiger partial charge in [0, 0.05) is 25.1 Å². The molecule has 4 aromatic rings. The summed E-state index contributed by atoms with van der Waals surface area (Å²) in [6.45, 7) is 6.58. The normalized spacial score (nSPS) is 11.8. The molecule has 0 atom stereocenters. The van der Waals surface area contributed by atoms with Gasteiger partial charge in [-0.05, 0) is 43.0 Å². The Labute approximate surface area is 244 Å². The predicted molar refractivity (Wildman–Crippen MR) is 155 cm³/mol. The summed E-state index contributed by atoms with van der Waals surface area (Å²) >= 11 is 12.5. The van der Waals surface area contributed by atoms with Crippen molar-refractivity contribution in [3.05, 3.63) is 81.0 Å². The third-order valence-corrected chi connectivity index (χ3v) is 8.61. The Hall–Kier alpha value is -2.89. The molecule has 2 N–H and O–H groups in total. The first-order valence-corrected chi connectivity index (χ1v) is 15.2. The van der Waals surface area contributed by atoms with Gasteiger partial charge in [0.1, 0.15) is 10.8 Å². The smallest absolute Gasteiger partial charge is 0.263 e. The Morgan fingerprint density at radius 1 is 1.12 bits per heavy atom. The zero-order valence-corrected chi connectivity index (χ0v) is 24.9. The molecule has 0 fully saturated rings. The Bertz CT molecular complexity index is 1580. The molecule has 0 radical (unpaired) electrons. The van der Waals surface area contributed by atoms with Gasteiger partial charge in [0.15, 0.2) is 10.9 Å². The van der Waals surface area contributed by atoms with Gasteiger partial charge in [0.25, 0.3) is 10.0 Å². The van der Waals surface area contributed by atoms with Crippen LogP contribution in [0.25, 0.3) is 11.1 Å². The SMILES string of the molecule is CCCCc1nc(Cl)c(CO)n1Cc1ccc(-c2ccccc2S(=O)(=O)Nc2noc(C)c2Cl)c(COCC)c1. The minimum Gasteiger partial charge on any atom is -0.390 e. The number of aliphatic hydroxyl groups is 1. The van der Waals surface area contributed by atoms with Crippen LogP contribution in [0.5, 0.6) is 0 Å². The van der Waals surface area contributed by atoms with E-state index >= 15 is 0 Å². The maximum absolute atomic E-state index is 13.5. The van der Waals surface area contributed by atoms with E-state index in [1.54, 1.807) is 25.1 Å². The average Bonchev–Trinajstić information content (AvgIpc) is 3.42. The van der Waals surface area contributed by atoms with E-state index in [0.717, 1.165) is 36.2 Å². The van der Waals surface area contributed by atoms with Crippen molar-refractivity contribution in [1.82, 2.24) is 14.7 Å². The molecule has 0 aliphatic rings. The highest BCUT2D eigenvalue weighted by molar-refractivity contribution is 7.92. The van der Waals surface area contributed by atoms with Gasteiger partial charge in [-0.15, -0.1) is 0 Å². The number of imidazole rings is 1. The third-order valence-electron chi connectivity index (χ3n) is 6.47. The van der Waals surface area contributed by atoms with Gasteiger partial charge in [-0.25, -0.2) is 13.4 Å². The predicted octanol–water partition coefficient (Wildman–Crippen LogP) is 6.37. The molecular formula is C28H32Cl2N4O5S. The topological polar surface area (TPSA) is 119 Å². The summed E-state index contributed by atoms with van der Waals surface area (Å²) in [4.78, 5) is 4.54. The number of aryl methyl sites for hydroxylation is 2. The van der Waals surface area contributed by atoms with E-state index in [1.165, 1.54) is 6.07 Å². The van der Waals surface area contributed by atoms with Gasteiger partial charge in [0.2, 0.25) is 5.82 Å². The Morgan fingerprint density at radius 2 is 1.90 bits per heavy atom. The van der Waals surface area contributed by atoms with E-state index in [2.05, 4.69) is 21.8 Å². The maximum atomic E-state index is 13.5. The fourth-order valence-electron chi connectivity index (χ4n) is 4.42. The summed E-state index contributed by atoms with van der Waals surface area (Å²) in [6, 6.07) is 12.5. The van der Waals surface area contributed by atoms with Crippen molar-refractivity contribution in [1.29, 1.82) is 0 Å². The van der Waals surface area contributed by atoms with Crippen LogP contribution in [-0.4, -0.2) is 34.8 Å². The number of aliphatic hydroxyl groups excluding tert-OH is 1. The van der Waals surface area contributed by atoms with E-state index in [4.69, 9.17) is 32.5 Å². The van der Waals surface area contributed by atoms with Crippen molar-refractivity contribution < 1.29 is 22.8 Å². The molecule has 0 aliphatic carbocycles. The summed E-state index contributed by atoms with van der Waals surface area (Å²) in [5.74, 6) is 1.05. The van der Waals surface area contributed by atoms with Crippen LogP contribution >= 0.6 is 23.2 Å². The van der Waals surface area contributed by atoms with Gasteiger partial charge in [-0.2, -0.15) is 0 Å². The lowest BCUT2D eigenvalue weighted by Gasteiger charge is -2.17. The number of benzene rings is 2. The van der Waals surface area contributed by atoms with Crippen LogP contribution in [0, 0.1) is 6.92 Å². The zero-order chi connectivity index (χ0) is 28.9. The van der Waals surface area contributed by atoms with Crippen molar-refractivity contribution in [2.24, 2.45) is 0 Å². The minimum atomic E-state index is -4.07. The molecule has 0 amide bonds. The number of aromatic nitrogens is 3. The fourth-order valence-corrected chi connectivity index (χ4v) is 6.08. The molecule has 0 aliphatic heterocycles. The first-order valence-electron chi connectivity index (χ1n) is 13.0. The van der Waals surface area contributed by atoms with E-state index < -0.39 is 10.0 Å². The molecule has 12 heteroatoms. The molecule has 2 aromatic carbocycles. The van der Waals surface area contributed by atoms with Crippen molar-refractivity contribution in [3.8, 4) is 11.1 Å². The van der Waals surface area contributed by atoms with Crippen molar-refractivity contribution in [2.75, 3.05) is 11.3 Å². The summed E-state index contributed by atoms with van der Waals surface area (Å²) in [5.41, 5.74) is 3.51. The molecule has 0 bridgehead atoms. The molecule has 214 valence electrons. The Kier molecular flexibility index (Phi) is 9.91. The summed E-state index contributed by atoms with van der Waals surface area (Å²) in [6.07, 6.45) is 2.70. The number of ether oxygens (including phenoxy) is 1. The summed E-state index contributed by atoms with van der Waals surface area (Å²) in [5, 5.41) is 14.1. The number of unbranched alkanes of at least 4 members (excludes halogenated alkanes) is 1. The Balaban J connectivity index is 1.75. The first-order chi connectivity index (χ1) is 19.2. The second-order valence-electron chi connectivity index (χ2n) is 9.24. The molecule has 40 heavy (non-hydrogen) atoms. The van der Waals surface area contributed by atoms with Gasteiger partial charge in [-0.3, -0.25) is 4.72 Å². The van der Waals surface area contributed by atoms with Crippen LogP contribution in [0.2, 0.25) is 10.2 Å². The first kappa shape index (κ1) is 30.1. The highest BCUT2D eigenvalue weighted by Gasteiger charge is 2.24. The monoisotopic (exact) mass is 606 g/mol. The molecule has 0 saturated heterocycles. The number of hydrogen-bond donors (Lipinski definition) is 2. The maximum Gasteiger partial charge on any atom is 0.263 e. The highest BCUT2D eigenvalue weighted by Crippen LogP contribution is 2.34. The lowest BCUT2D eigenvalue weighted by Crippen LogP contribution is -2.15. The van der Waals surface area contributed by atoms with Crippen LogP contribution in [0.3, 0.4) is 0 Å². The van der Waals surface area contributed by atoms with Crippen molar-refractivity contribution in [2.45, 2.75) is 64.7 Å². The van der Waals surface area contributed by atoms with Gasteiger partial charge >= 0.3 is 0 Å². The molecular weight excluding hydrogens is 575 g/mol. The number of anilines is 1. The molecule has 4 rings (SSSR count). The van der Waals surface area contributed by atoms with Gasteiger partial charge in [-0.1, -0.05) is 78.1 Å². The highest BCUT2D eigenvalue weighted by atomic mass is 35.5. The fraction of sp³-hybridized carbons (Fsp3) is 0.357. The lowest BCUT2D eigenvalue weighted by atomic mass is 9.97. The number of halogens is 2. The molecule has 0 saturated carbocycles. The quantitative estimate of drug-likeness (QED) is 0.181. The largest absolute Gasteiger partial charge is 0.390 e. The van der Waals surface area contributed by atoms with E-state index in [0.29, 0.717) is 40.9 Å². The molecule has 0 spiro atoms. The number of nitrogens with zero attached hydrogens (tertiary/aromatic N) is 3. The number of rotatable bonds is 13. The van der Waals surface area contributed by atoms with E-state index in [1.807, 2.05) is 29.7 Å². The van der Waals surface area contributed by atoms with Crippen LogP contribution in [0.4, 0.5) is 5.82 Å². The second kappa shape index (κ2) is 13.2. The molecule has 2 heterocycles. The Morgan fingerprint density at radius 3 is 2.58 bits per heavy atom. The summed E-state index contributed by atoms with van der Waals surface area (Å²) < 4.78 is 42.1. The molecule has 2 aromatic heterocycles. The second-order valence-corrected chi connectivity index (χ2v) is 11.6. The number of hydrogen-bond acceptors (Lipinski definition) is 7. The van der Waals surface area contributed by atoms with Gasteiger partial charge in [0.05, 0.1) is 23.8 Å². The zero-order valence-electron chi connectivity index (χ0n) is 22.6. The molecule has 9 nitrogen and oxygen atoms in total. The average molecular weight is 608 g/mol. The number of nitrogens with one attached hydrogen (secondary N) is 1. The van der Waals surface area contributed by atoms with Crippen LogP contribution in [0.15, 0.2) is 51.9 Å². The van der Waals surface area contributed by atoms with Crippen LogP contribution in [-0.2, 0) is 40.9 Å². The van der Waals surface area contributed by atoms with Gasteiger partial charge < -0.3 is 18.9 Å². The van der Waals surface area contributed by atoms with Crippen molar-refractivity contribution in [3.63, 3.8) is 0 Å². The van der Waals surface area contributed by atoms with Crippen LogP contribution in [0.1, 0.15) is 55.1 Å².